The van der Waals surface area contributed by atoms with Crippen LogP contribution in [0.2, 0.25) is 0 Å². The van der Waals surface area contributed by atoms with Crippen LogP contribution in [0.1, 0.15) is 13.8 Å². The van der Waals surface area contributed by atoms with E-state index >= 15 is 0 Å². The van der Waals surface area contributed by atoms with Gasteiger partial charge in [-0.3, -0.25) is 0 Å². The summed E-state index contributed by atoms with van der Waals surface area (Å²) in [5.74, 6) is -12.6. The molecule has 0 N–H and O–H groups in total. The third kappa shape index (κ3) is 2.71. The van der Waals surface area contributed by atoms with Crippen molar-refractivity contribution in [1.82, 2.24) is 0 Å². The number of benzene rings is 1. The lowest BCUT2D eigenvalue weighted by Crippen LogP contribution is -2.25. The van der Waals surface area contributed by atoms with Crippen LogP contribution in [0, 0.1) is 29.1 Å². The summed E-state index contributed by atoms with van der Waals surface area (Å²) >= 11 is 0. The SMILES string of the molecule is CC1(C)OCC(COc2c(F)c(F)c(F)c(F)c2F)O1. The van der Waals surface area contributed by atoms with Gasteiger partial charge in [0.2, 0.25) is 29.1 Å². The van der Waals surface area contributed by atoms with Crippen LogP contribution in [0.3, 0.4) is 0 Å². The van der Waals surface area contributed by atoms with Gasteiger partial charge in [-0.05, 0) is 13.8 Å². The average Bonchev–Trinajstić information content (AvgIpc) is 2.73. The van der Waals surface area contributed by atoms with E-state index in [4.69, 9.17) is 9.47 Å². The summed E-state index contributed by atoms with van der Waals surface area (Å²) in [5, 5.41) is 0. The summed E-state index contributed by atoms with van der Waals surface area (Å²) in [7, 11) is 0. The molecule has 1 aromatic carbocycles. The summed E-state index contributed by atoms with van der Waals surface area (Å²) in [4.78, 5) is 0. The molecule has 1 fully saturated rings. The van der Waals surface area contributed by atoms with Crippen molar-refractivity contribution in [2.24, 2.45) is 0 Å². The molecule has 1 aliphatic heterocycles. The number of hydrogen-bond acceptors (Lipinski definition) is 3. The second-order valence-electron chi connectivity index (χ2n) is 4.66. The monoisotopic (exact) mass is 298 g/mol. The van der Waals surface area contributed by atoms with E-state index in [-0.39, 0.29) is 6.61 Å². The molecule has 1 aliphatic rings. The van der Waals surface area contributed by atoms with E-state index in [9.17, 15) is 22.0 Å². The minimum Gasteiger partial charge on any atom is -0.485 e. The molecule has 0 saturated carbocycles. The lowest BCUT2D eigenvalue weighted by Gasteiger charge is -2.17. The zero-order valence-electron chi connectivity index (χ0n) is 10.6. The molecule has 1 saturated heterocycles. The highest BCUT2D eigenvalue weighted by Gasteiger charge is 2.34. The molecule has 1 aromatic rings. The summed E-state index contributed by atoms with van der Waals surface area (Å²) in [6.45, 7) is 2.92. The number of rotatable bonds is 3. The van der Waals surface area contributed by atoms with Crippen molar-refractivity contribution < 1.29 is 36.2 Å². The number of hydrogen-bond donors (Lipinski definition) is 0. The highest BCUT2D eigenvalue weighted by molar-refractivity contribution is 5.29. The quantitative estimate of drug-likeness (QED) is 0.488. The maximum Gasteiger partial charge on any atom is 0.206 e. The van der Waals surface area contributed by atoms with Crippen LogP contribution in [-0.2, 0) is 9.47 Å². The molecule has 20 heavy (non-hydrogen) atoms. The third-order valence-electron chi connectivity index (χ3n) is 2.65. The maximum absolute atomic E-state index is 13.3. The van der Waals surface area contributed by atoms with Gasteiger partial charge < -0.3 is 14.2 Å². The van der Waals surface area contributed by atoms with Crippen molar-refractivity contribution in [2.45, 2.75) is 25.7 Å². The molecular weight excluding hydrogens is 287 g/mol. The van der Waals surface area contributed by atoms with Crippen molar-refractivity contribution in [3.8, 4) is 5.75 Å². The minimum absolute atomic E-state index is 0.0857. The van der Waals surface area contributed by atoms with E-state index in [1.807, 2.05) is 0 Å². The van der Waals surface area contributed by atoms with Crippen LogP contribution in [0.15, 0.2) is 0 Å². The van der Waals surface area contributed by atoms with Crippen molar-refractivity contribution in [3.05, 3.63) is 29.1 Å². The number of ether oxygens (including phenoxy) is 3. The van der Waals surface area contributed by atoms with Gasteiger partial charge in [0.1, 0.15) is 12.7 Å². The molecular formula is C12H11F5O3. The maximum atomic E-state index is 13.3. The Kier molecular flexibility index (Phi) is 3.88. The molecule has 0 aliphatic carbocycles. The molecule has 3 nitrogen and oxygen atoms in total. The van der Waals surface area contributed by atoms with Crippen LogP contribution in [0.4, 0.5) is 22.0 Å². The van der Waals surface area contributed by atoms with Gasteiger partial charge in [0.05, 0.1) is 6.61 Å². The van der Waals surface area contributed by atoms with Crippen LogP contribution in [0.25, 0.3) is 0 Å². The Balaban J connectivity index is 2.15. The fraction of sp³-hybridized carbons (Fsp3) is 0.500. The molecule has 0 bridgehead atoms. The molecule has 1 atom stereocenters. The standard InChI is InChI=1S/C12H11F5O3/c1-12(2)19-4-5(20-12)3-18-11-9(16)7(14)6(13)8(15)10(11)17/h5H,3-4H2,1-2H3. The minimum atomic E-state index is -2.23. The van der Waals surface area contributed by atoms with Gasteiger partial charge in [-0.25, -0.2) is 13.2 Å². The molecule has 8 heteroatoms. The van der Waals surface area contributed by atoms with E-state index in [2.05, 4.69) is 4.74 Å². The lowest BCUT2D eigenvalue weighted by molar-refractivity contribution is -0.141. The van der Waals surface area contributed by atoms with Crippen molar-refractivity contribution >= 4 is 0 Å². The van der Waals surface area contributed by atoms with Crippen LogP contribution < -0.4 is 4.74 Å². The highest BCUT2D eigenvalue weighted by atomic mass is 19.2. The Morgan fingerprint density at radius 2 is 1.50 bits per heavy atom. The lowest BCUT2D eigenvalue weighted by atomic mass is 10.2. The zero-order chi connectivity index (χ0) is 15.1. The van der Waals surface area contributed by atoms with Gasteiger partial charge in [-0.2, -0.15) is 8.78 Å². The van der Waals surface area contributed by atoms with Crippen molar-refractivity contribution in [1.29, 1.82) is 0 Å². The molecule has 0 radical (unpaired) electrons. The van der Waals surface area contributed by atoms with E-state index in [1.165, 1.54) is 0 Å². The van der Waals surface area contributed by atoms with Gasteiger partial charge in [0, 0.05) is 0 Å². The van der Waals surface area contributed by atoms with Gasteiger partial charge in [0.25, 0.3) is 0 Å². The average molecular weight is 298 g/mol. The molecule has 1 heterocycles. The topological polar surface area (TPSA) is 27.7 Å². The van der Waals surface area contributed by atoms with Crippen molar-refractivity contribution in [2.75, 3.05) is 13.2 Å². The first-order valence-corrected chi connectivity index (χ1v) is 5.69. The second-order valence-corrected chi connectivity index (χ2v) is 4.66. The Hall–Kier alpha value is -1.41. The van der Waals surface area contributed by atoms with E-state index < -0.39 is 53.3 Å². The van der Waals surface area contributed by atoms with Crippen LogP contribution in [-0.4, -0.2) is 25.1 Å². The van der Waals surface area contributed by atoms with E-state index in [0.29, 0.717) is 0 Å². The Morgan fingerprint density at radius 1 is 1.00 bits per heavy atom. The highest BCUT2D eigenvalue weighted by Crippen LogP contribution is 2.30. The smallest absolute Gasteiger partial charge is 0.206 e. The number of halogens is 5. The predicted molar refractivity (Wildman–Crippen MR) is 56.6 cm³/mol. The van der Waals surface area contributed by atoms with E-state index in [0.717, 1.165) is 0 Å². The van der Waals surface area contributed by atoms with Gasteiger partial charge >= 0.3 is 0 Å². The fourth-order valence-electron chi connectivity index (χ4n) is 1.73. The van der Waals surface area contributed by atoms with Gasteiger partial charge in [-0.15, -0.1) is 0 Å². The predicted octanol–water partition coefficient (Wildman–Crippen LogP) is 2.91. The molecule has 2 rings (SSSR count). The Labute approximate surface area is 111 Å². The normalized spacial score (nSPS) is 21.2. The Morgan fingerprint density at radius 3 is 1.95 bits per heavy atom. The Bertz CT molecular complexity index is 503. The van der Waals surface area contributed by atoms with Gasteiger partial charge in [-0.1, -0.05) is 0 Å². The van der Waals surface area contributed by atoms with Crippen LogP contribution >= 0.6 is 0 Å². The first-order chi connectivity index (χ1) is 9.23. The molecule has 0 amide bonds. The summed E-state index contributed by atoms with van der Waals surface area (Å²) < 4.78 is 80.4. The van der Waals surface area contributed by atoms with E-state index in [1.54, 1.807) is 13.8 Å². The van der Waals surface area contributed by atoms with Crippen LogP contribution in [0.5, 0.6) is 5.75 Å². The summed E-state index contributed by atoms with van der Waals surface area (Å²) in [6, 6.07) is 0. The van der Waals surface area contributed by atoms with Gasteiger partial charge in [0.15, 0.2) is 11.5 Å². The van der Waals surface area contributed by atoms with Crippen molar-refractivity contribution in [3.63, 3.8) is 0 Å². The third-order valence-corrected chi connectivity index (χ3v) is 2.65. The first-order valence-electron chi connectivity index (χ1n) is 5.69. The second kappa shape index (κ2) is 5.17. The molecule has 1 unspecified atom stereocenters. The fourth-order valence-corrected chi connectivity index (χ4v) is 1.73. The zero-order valence-corrected chi connectivity index (χ0v) is 10.6. The summed E-state index contributed by atoms with van der Waals surface area (Å²) in [6.07, 6.45) is -0.667. The largest absolute Gasteiger partial charge is 0.485 e. The summed E-state index contributed by atoms with van der Waals surface area (Å²) in [5.41, 5.74) is 0. The first kappa shape index (κ1) is 15.0. The molecule has 0 aromatic heterocycles. The molecule has 0 spiro atoms. The molecule has 112 valence electrons.